The summed E-state index contributed by atoms with van der Waals surface area (Å²) in [6.45, 7) is 0. The SMILES string of the molecule is N#Cc1cnc(SCC(=O)Nc2sc3c(c2C(=O)Nc2ccc(Cl)cc2)CCCC3)nc1N. The molecule has 0 unspecified atom stereocenters. The van der Waals surface area contributed by atoms with Gasteiger partial charge in [0.15, 0.2) is 5.16 Å². The van der Waals surface area contributed by atoms with Gasteiger partial charge in [-0.2, -0.15) is 5.26 Å². The number of aryl methyl sites for hydroxylation is 1. The Morgan fingerprint density at radius 1 is 1.21 bits per heavy atom. The number of benzene rings is 1. The molecular weight excluding hydrogens is 480 g/mol. The van der Waals surface area contributed by atoms with Gasteiger partial charge in [0.25, 0.3) is 5.91 Å². The van der Waals surface area contributed by atoms with Gasteiger partial charge in [0.1, 0.15) is 22.5 Å². The molecule has 0 spiro atoms. The Labute approximate surface area is 203 Å². The number of amides is 2. The summed E-state index contributed by atoms with van der Waals surface area (Å²) in [7, 11) is 0. The molecular formula is C22H19ClN6O2S2. The van der Waals surface area contributed by atoms with Crippen molar-refractivity contribution >= 4 is 63.0 Å². The van der Waals surface area contributed by atoms with Crippen LogP contribution in [0.3, 0.4) is 0 Å². The normalized spacial score (nSPS) is 12.5. The summed E-state index contributed by atoms with van der Waals surface area (Å²) in [4.78, 5) is 35.0. The van der Waals surface area contributed by atoms with Gasteiger partial charge in [0, 0.05) is 15.6 Å². The zero-order chi connectivity index (χ0) is 23.4. The minimum Gasteiger partial charge on any atom is -0.382 e. The molecule has 3 aromatic rings. The molecule has 11 heteroatoms. The average molecular weight is 499 g/mol. The van der Waals surface area contributed by atoms with Crippen molar-refractivity contribution in [2.45, 2.75) is 30.8 Å². The summed E-state index contributed by atoms with van der Waals surface area (Å²) >= 11 is 8.48. The van der Waals surface area contributed by atoms with E-state index in [2.05, 4.69) is 20.6 Å². The van der Waals surface area contributed by atoms with Crippen molar-refractivity contribution in [1.29, 1.82) is 5.26 Å². The maximum atomic E-state index is 13.2. The number of hydrogen-bond donors (Lipinski definition) is 3. The number of carbonyl (C=O) groups excluding carboxylic acids is 2. The second-order valence-electron chi connectivity index (χ2n) is 7.28. The van der Waals surface area contributed by atoms with Crippen LogP contribution in [0.5, 0.6) is 0 Å². The van der Waals surface area contributed by atoms with Gasteiger partial charge in [-0.25, -0.2) is 9.97 Å². The maximum Gasteiger partial charge on any atom is 0.258 e. The van der Waals surface area contributed by atoms with Gasteiger partial charge in [-0.05, 0) is 55.5 Å². The third-order valence-corrected chi connectivity index (χ3v) is 7.32. The summed E-state index contributed by atoms with van der Waals surface area (Å²) in [5.41, 5.74) is 8.04. The van der Waals surface area contributed by atoms with Crippen LogP contribution < -0.4 is 16.4 Å². The van der Waals surface area contributed by atoms with E-state index in [0.717, 1.165) is 47.9 Å². The molecule has 0 atom stereocenters. The molecule has 0 saturated carbocycles. The lowest BCUT2D eigenvalue weighted by Gasteiger charge is -2.13. The molecule has 2 amide bonds. The van der Waals surface area contributed by atoms with E-state index in [1.54, 1.807) is 24.3 Å². The molecule has 0 radical (unpaired) electrons. The monoisotopic (exact) mass is 498 g/mol. The number of aromatic nitrogens is 2. The Kier molecular flexibility index (Phi) is 7.13. The predicted octanol–water partition coefficient (Wildman–Crippen LogP) is 4.51. The van der Waals surface area contributed by atoms with Gasteiger partial charge in [0.05, 0.1) is 17.5 Å². The van der Waals surface area contributed by atoms with E-state index in [9.17, 15) is 9.59 Å². The average Bonchev–Trinajstić information content (AvgIpc) is 3.17. The molecule has 4 rings (SSSR count). The number of anilines is 3. The highest BCUT2D eigenvalue weighted by Gasteiger charge is 2.26. The smallest absolute Gasteiger partial charge is 0.258 e. The first-order chi connectivity index (χ1) is 15.9. The van der Waals surface area contributed by atoms with Crippen LogP contribution in [-0.4, -0.2) is 27.5 Å². The lowest BCUT2D eigenvalue weighted by atomic mass is 9.95. The Morgan fingerprint density at radius 2 is 1.97 bits per heavy atom. The summed E-state index contributed by atoms with van der Waals surface area (Å²) in [6, 6.07) is 8.78. The molecule has 1 aliphatic rings. The zero-order valence-corrected chi connectivity index (χ0v) is 19.7. The minimum atomic E-state index is -0.286. The number of nitriles is 1. The molecule has 4 N–H and O–H groups in total. The molecule has 168 valence electrons. The van der Waals surface area contributed by atoms with Gasteiger partial charge in [0.2, 0.25) is 5.91 Å². The fourth-order valence-corrected chi connectivity index (χ4v) is 5.50. The van der Waals surface area contributed by atoms with Crippen molar-refractivity contribution < 1.29 is 9.59 Å². The molecule has 0 saturated heterocycles. The first-order valence-corrected chi connectivity index (χ1v) is 12.3. The van der Waals surface area contributed by atoms with Crippen LogP contribution in [-0.2, 0) is 17.6 Å². The van der Waals surface area contributed by atoms with E-state index in [0.29, 0.717) is 26.4 Å². The molecule has 2 aromatic heterocycles. The van der Waals surface area contributed by atoms with Crippen LogP contribution >= 0.6 is 34.7 Å². The van der Waals surface area contributed by atoms with Crippen molar-refractivity contribution in [2.24, 2.45) is 0 Å². The molecule has 2 heterocycles. The van der Waals surface area contributed by atoms with Crippen molar-refractivity contribution in [3.8, 4) is 6.07 Å². The van der Waals surface area contributed by atoms with Crippen molar-refractivity contribution in [2.75, 3.05) is 22.1 Å². The third kappa shape index (κ3) is 5.45. The van der Waals surface area contributed by atoms with E-state index in [1.807, 2.05) is 6.07 Å². The number of carbonyl (C=O) groups is 2. The lowest BCUT2D eigenvalue weighted by Crippen LogP contribution is -2.19. The number of nitrogen functional groups attached to an aromatic ring is 1. The molecule has 0 aliphatic heterocycles. The second-order valence-corrected chi connectivity index (χ2v) is 9.76. The number of fused-ring (bicyclic) bond motifs is 1. The van der Waals surface area contributed by atoms with E-state index in [1.165, 1.54) is 17.5 Å². The number of thioether (sulfide) groups is 1. The van der Waals surface area contributed by atoms with E-state index in [4.69, 9.17) is 22.6 Å². The maximum absolute atomic E-state index is 13.2. The molecule has 1 aliphatic carbocycles. The van der Waals surface area contributed by atoms with Crippen LogP contribution in [0, 0.1) is 11.3 Å². The van der Waals surface area contributed by atoms with Crippen LogP contribution in [0.1, 0.15) is 39.2 Å². The van der Waals surface area contributed by atoms with Gasteiger partial charge >= 0.3 is 0 Å². The van der Waals surface area contributed by atoms with Crippen molar-refractivity contribution in [1.82, 2.24) is 9.97 Å². The lowest BCUT2D eigenvalue weighted by molar-refractivity contribution is -0.113. The molecule has 8 nitrogen and oxygen atoms in total. The van der Waals surface area contributed by atoms with Crippen molar-refractivity contribution in [3.63, 3.8) is 0 Å². The molecule has 0 fully saturated rings. The fraction of sp³-hybridized carbons (Fsp3) is 0.227. The molecule has 33 heavy (non-hydrogen) atoms. The standard InChI is InChI=1S/C22H19ClN6O2S2/c23-13-5-7-14(8-6-13)27-20(31)18-15-3-1-2-4-16(15)33-21(18)28-17(30)11-32-22-26-10-12(9-24)19(25)29-22/h5-8,10H,1-4,11H2,(H,27,31)(H,28,30)(H2,25,26,29). The van der Waals surface area contributed by atoms with Crippen LogP contribution in [0.15, 0.2) is 35.6 Å². The quantitative estimate of drug-likeness (QED) is 0.336. The van der Waals surface area contributed by atoms with Crippen LogP contribution in [0.4, 0.5) is 16.5 Å². The summed E-state index contributed by atoms with van der Waals surface area (Å²) in [5, 5.41) is 16.1. The van der Waals surface area contributed by atoms with Gasteiger partial charge in [-0.15, -0.1) is 11.3 Å². The predicted molar refractivity (Wildman–Crippen MR) is 131 cm³/mol. The minimum absolute atomic E-state index is 0.0339. The highest BCUT2D eigenvalue weighted by Crippen LogP contribution is 2.38. The van der Waals surface area contributed by atoms with E-state index >= 15 is 0 Å². The molecule has 1 aromatic carbocycles. The number of halogens is 1. The summed E-state index contributed by atoms with van der Waals surface area (Å²) < 4.78 is 0. The highest BCUT2D eigenvalue weighted by atomic mass is 35.5. The first-order valence-electron chi connectivity index (χ1n) is 10.1. The van der Waals surface area contributed by atoms with E-state index in [-0.39, 0.29) is 28.9 Å². The molecule has 0 bridgehead atoms. The summed E-state index contributed by atoms with van der Waals surface area (Å²) in [6.07, 6.45) is 5.09. The van der Waals surface area contributed by atoms with Crippen molar-refractivity contribution in [3.05, 3.63) is 57.1 Å². The van der Waals surface area contributed by atoms with Gasteiger partial charge < -0.3 is 16.4 Å². The Bertz CT molecular complexity index is 1250. The van der Waals surface area contributed by atoms with Gasteiger partial charge in [-0.3, -0.25) is 9.59 Å². The Hall–Kier alpha value is -3.13. The highest BCUT2D eigenvalue weighted by molar-refractivity contribution is 7.99. The Morgan fingerprint density at radius 3 is 2.70 bits per heavy atom. The number of hydrogen-bond acceptors (Lipinski definition) is 8. The number of nitrogens with zero attached hydrogens (tertiary/aromatic N) is 3. The van der Waals surface area contributed by atoms with Gasteiger partial charge in [-0.1, -0.05) is 23.4 Å². The number of thiophene rings is 1. The number of nitrogens with one attached hydrogen (secondary N) is 2. The topological polar surface area (TPSA) is 134 Å². The fourth-order valence-electron chi connectivity index (χ4n) is 3.45. The first kappa shape index (κ1) is 23.0. The van der Waals surface area contributed by atoms with Crippen LogP contribution in [0.2, 0.25) is 5.02 Å². The summed E-state index contributed by atoms with van der Waals surface area (Å²) in [5.74, 6) is -0.442. The largest absolute Gasteiger partial charge is 0.382 e. The second kappa shape index (κ2) is 10.2. The third-order valence-electron chi connectivity index (χ3n) is 5.00. The number of rotatable bonds is 6. The number of nitrogens with two attached hydrogens (primary N) is 1. The van der Waals surface area contributed by atoms with Crippen LogP contribution in [0.25, 0.3) is 0 Å². The Balaban J connectivity index is 1.49. The zero-order valence-electron chi connectivity index (χ0n) is 17.4. The van der Waals surface area contributed by atoms with E-state index < -0.39 is 0 Å².